The van der Waals surface area contributed by atoms with Crippen molar-refractivity contribution in [1.82, 2.24) is 9.80 Å². The number of carbonyl (C=O) groups excluding carboxylic acids is 2. The summed E-state index contributed by atoms with van der Waals surface area (Å²) in [5.41, 5.74) is 2.42. The van der Waals surface area contributed by atoms with Crippen LogP contribution in [0.2, 0.25) is 0 Å². The van der Waals surface area contributed by atoms with Gasteiger partial charge in [-0.25, -0.2) is 0 Å². The third-order valence-corrected chi connectivity index (χ3v) is 5.70. The Balaban J connectivity index is 1.55. The van der Waals surface area contributed by atoms with Gasteiger partial charge in [-0.1, -0.05) is 36.8 Å². The first kappa shape index (κ1) is 18.0. The molecule has 2 aliphatic heterocycles. The van der Waals surface area contributed by atoms with Gasteiger partial charge in [0.1, 0.15) is 6.04 Å². The zero-order valence-electron chi connectivity index (χ0n) is 15.5. The molecule has 1 aromatic rings. The fourth-order valence-electron chi connectivity index (χ4n) is 3.91. The smallest absolute Gasteiger partial charge is 0.245 e. The van der Waals surface area contributed by atoms with Crippen molar-refractivity contribution in [2.75, 3.05) is 19.6 Å². The molecule has 0 radical (unpaired) electrons. The van der Waals surface area contributed by atoms with Crippen molar-refractivity contribution < 1.29 is 9.59 Å². The molecule has 136 valence electrons. The average Bonchev–Trinajstić information content (AvgIpc) is 3.11. The average molecular weight is 342 g/mol. The van der Waals surface area contributed by atoms with Crippen molar-refractivity contribution in [2.24, 2.45) is 5.92 Å². The molecule has 0 N–H and O–H groups in total. The number of piperidine rings is 1. The molecule has 4 nitrogen and oxygen atoms in total. The summed E-state index contributed by atoms with van der Waals surface area (Å²) in [6.45, 7) is 6.74. The molecule has 0 unspecified atom stereocenters. The highest BCUT2D eigenvalue weighted by Gasteiger charge is 2.36. The predicted octanol–water partition coefficient (Wildman–Crippen LogP) is 3.18. The van der Waals surface area contributed by atoms with Crippen LogP contribution in [0.3, 0.4) is 0 Å². The van der Waals surface area contributed by atoms with Gasteiger partial charge in [-0.15, -0.1) is 0 Å². The summed E-state index contributed by atoms with van der Waals surface area (Å²) in [5, 5.41) is 0. The fraction of sp³-hybridized carbons (Fsp3) is 0.619. The van der Waals surface area contributed by atoms with E-state index in [4.69, 9.17) is 0 Å². The van der Waals surface area contributed by atoms with Crippen LogP contribution in [0.25, 0.3) is 0 Å². The van der Waals surface area contributed by atoms with Gasteiger partial charge in [-0.05, 0) is 50.5 Å². The molecule has 2 heterocycles. The Morgan fingerprint density at radius 3 is 2.40 bits per heavy atom. The van der Waals surface area contributed by atoms with Gasteiger partial charge in [0.25, 0.3) is 0 Å². The molecule has 1 atom stereocenters. The first-order chi connectivity index (χ1) is 12.0. The lowest BCUT2D eigenvalue weighted by molar-refractivity contribution is -0.144. The second-order valence-corrected chi connectivity index (χ2v) is 7.74. The second kappa shape index (κ2) is 8.03. The number of hydrogen-bond donors (Lipinski definition) is 0. The molecule has 0 bridgehead atoms. The number of amides is 2. The van der Waals surface area contributed by atoms with Crippen LogP contribution in [0, 0.1) is 12.8 Å². The third-order valence-electron chi connectivity index (χ3n) is 5.70. The minimum atomic E-state index is -0.223. The minimum absolute atomic E-state index is 0.127. The van der Waals surface area contributed by atoms with E-state index in [0.29, 0.717) is 12.3 Å². The van der Waals surface area contributed by atoms with Crippen molar-refractivity contribution in [3.8, 4) is 0 Å². The zero-order valence-corrected chi connectivity index (χ0v) is 15.5. The van der Waals surface area contributed by atoms with Crippen LogP contribution in [-0.4, -0.2) is 47.3 Å². The standard InChI is InChI=1S/C21H30N2O2/c1-16-5-7-18(8-6-16)9-10-20(24)23-13-3-4-19(23)21(25)22-14-11-17(2)12-15-22/h5-8,17,19H,3-4,9-15H2,1-2H3/t19-/m1/s1. The maximum Gasteiger partial charge on any atom is 0.245 e. The lowest BCUT2D eigenvalue weighted by Gasteiger charge is -2.34. The van der Waals surface area contributed by atoms with E-state index in [9.17, 15) is 9.59 Å². The van der Waals surface area contributed by atoms with Gasteiger partial charge in [0.2, 0.25) is 11.8 Å². The summed E-state index contributed by atoms with van der Waals surface area (Å²) in [6, 6.07) is 8.12. The lowest BCUT2D eigenvalue weighted by atomic mass is 9.98. The maximum atomic E-state index is 12.9. The highest BCUT2D eigenvalue weighted by Crippen LogP contribution is 2.24. The Labute approximate surface area is 151 Å². The summed E-state index contributed by atoms with van der Waals surface area (Å²) in [4.78, 5) is 29.4. The molecule has 0 saturated carbocycles. The summed E-state index contributed by atoms with van der Waals surface area (Å²) in [7, 11) is 0. The number of rotatable bonds is 4. The van der Waals surface area contributed by atoms with E-state index in [1.165, 1.54) is 11.1 Å². The van der Waals surface area contributed by atoms with Gasteiger partial charge >= 0.3 is 0 Å². The summed E-state index contributed by atoms with van der Waals surface area (Å²) in [5.74, 6) is 1.01. The lowest BCUT2D eigenvalue weighted by Crippen LogP contribution is -2.49. The van der Waals surface area contributed by atoms with E-state index in [1.54, 1.807) is 0 Å². The van der Waals surface area contributed by atoms with E-state index in [2.05, 4.69) is 38.1 Å². The molecular formula is C21H30N2O2. The number of carbonyl (C=O) groups is 2. The zero-order chi connectivity index (χ0) is 17.8. The first-order valence-corrected chi connectivity index (χ1v) is 9.68. The highest BCUT2D eigenvalue weighted by molar-refractivity contribution is 5.88. The minimum Gasteiger partial charge on any atom is -0.341 e. The molecule has 2 saturated heterocycles. The van der Waals surface area contributed by atoms with Crippen LogP contribution in [0.15, 0.2) is 24.3 Å². The molecular weight excluding hydrogens is 312 g/mol. The number of nitrogens with zero attached hydrogens (tertiary/aromatic N) is 2. The van der Waals surface area contributed by atoms with Crippen molar-refractivity contribution >= 4 is 11.8 Å². The Hall–Kier alpha value is -1.84. The van der Waals surface area contributed by atoms with Crippen LogP contribution < -0.4 is 0 Å². The molecule has 0 aliphatic carbocycles. The van der Waals surface area contributed by atoms with Gasteiger partial charge in [-0.2, -0.15) is 0 Å². The molecule has 2 fully saturated rings. The normalized spacial score (nSPS) is 21.6. The summed E-state index contributed by atoms with van der Waals surface area (Å²) in [6.07, 6.45) is 5.17. The Morgan fingerprint density at radius 1 is 1.04 bits per heavy atom. The number of benzene rings is 1. The van der Waals surface area contributed by atoms with E-state index >= 15 is 0 Å². The van der Waals surface area contributed by atoms with Crippen LogP contribution in [-0.2, 0) is 16.0 Å². The van der Waals surface area contributed by atoms with Gasteiger partial charge in [-0.3, -0.25) is 9.59 Å². The van der Waals surface area contributed by atoms with E-state index < -0.39 is 0 Å². The largest absolute Gasteiger partial charge is 0.341 e. The monoisotopic (exact) mass is 342 g/mol. The quantitative estimate of drug-likeness (QED) is 0.843. The van der Waals surface area contributed by atoms with Crippen molar-refractivity contribution in [3.63, 3.8) is 0 Å². The Morgan fingerprint density at radius 2 is 1.72 bits per heavy atom. The molecule has 2 aliphatic rings. The number of aryl methyl sites for hydroxylation is 2. The van der Waals surface area contributed by atoms with Crippen LogP contribution in [0.5, 0.6) is 0 Å². The van der Waals surface area contributed by atoms with E-state index in [-0.39, 0.29) is 17.9 Å². The summed E-state index contributed by atoms with van der Waals surface area (Å²) < 4.78 is 0. The topological polar surface area (TPSA) is 40.6 Å². The van der Waals surface area contributed by atoms with Crippen LogP contribution in [0.4, 0.5) is 0 Å². The molecule has 1 aromatic carbocycles. The van der Waals surface area contributed by atoms with Crippen molar-refractivity contribution in [3.05, 3.63) is 35.4 Å². The maximum absolute atomic E-state index is 12.9. The molecule has 25 heavy (non-hydrogen) atoms. The second-order valence-electron chi connectivity index (χ2n) is 7.74. The number of likely N-dealkylation sites (tertiary alicyclic amines) is 2. The Kier molecular flexibility index (Phi) is 5.77. The SMILES string of the molecule is Cc1ccc(CCC(=O)N2CCC[C@@H]2C(=O)N2CCC(C)CC2)cc1. The van der Waals surface area contributed by atoms with Gasteiger partial charge in [0, 0.05) is 26.1 Å². The molecule has 0 spiro atoms. The summed E-state index contributed by atoms with van der Waals surface area (Å²) >= 11 is 0. The van der Waals surface area contributed by atoms with Gasteiger partial charge in [0.15, 0.2) is 0 Å². The molecule has 4 heteroatoms. The fourth-order valence-corrected chi connectivity index (χ4v) is 3.91. The first-order valence-electron chi connectivity index (χ1n) is 9.68. The van der Waals surface area contributed by atoms with Gasteiger partial charge < -0.3 is 9.80 Å². The van der Waals surface area contributed by atoms with Crippen molar-refractivity contribution in [1.29, 1.82) is 0 Å². The number of hydrogen-bond acceptors (Lipinski definition) is 2. The van der Waals surface area contributed by atoms with E-state index in [1.807, 2.05) is 9.80 Å². The Bertz CT molecular complexity index is 603. The predicted molar refractivity (Wildman–Crippen MR) is 99.2 cm³/mol. The van der Waals surface area contributed by atoms with Gasteiger partial charge in [0.05, 0.1) is 0 Å². The molecule has 0 aromatic heterocycles. The van der Waals surface area contributed by atoms with Crippen LogP contribution >= 0.6 is 0 Å². The van der Waals surface area contributed by atoms with E-state index in [0.717, 1.165) is 51.7 Å². The van der Waals surface area contributed by atoms with Crippen molar-refractivity contribution in [2.45, 2.75) is 58.4 Å². The molecule has 2 amide bonds. The highest BCUT2D eigenvalue weighted by atomic mass is 16.2. The molecule has 3 rings (SSSR count). The van der Waals surface area contributed by atoms with Crippen LogP contribution in [0.1, 0.15) is 50.2 Å². The third kappa shape index (κ3) is 4.42.